The molecule has 0 aromatic carbocycles. The molecule has 20 heavy (non-hydrogen) atoms. The number of furan rings is 1. The predicted molar refractivity (Wildman–Crippen MR) is 78.2 cm³/mol. The van der Waals surface area contributed by atoms with Crippen molar-refractivity contribution in [3.8, 4) is 0 Å². The van der Waals surface area contributed by atoms with Crippen LogP contribution in [-0.4, -0.2) is 13.4 Å². The van der Waals surface area contributed by atoms with Crippen LogP contribution in [0.4, 0.5) is 5.13 Å². The van der Waals surface area contributed by atoms with Crippen LogP contribution in [0.2, 0.25) is 0 Å². The number of hydrogen-bond acceptors (Lipinski definition) is 6. The molecule has 0 saturated carbocycles. The topological polar surface area (TPSA) is 98.2 Å². The third-order valence-electron chi connectivity index (χ3n) is 2.60. The smallest absolute Gasteiger partial charge is 0.297 e. The average molecular weight is 315 g/mol. The second-order valence-corrected chi connectivity index (χ2v) is 7.79. The summed E-state index contributed by atoms with van der Waals surface area (Å²) in [7, 11) is -3.76. The van der Waals surface area contributed by atoms with Gasteiger partial charge in [-0.05, 0) is 12.1 Å². The molecule has 0 radical (unpaired) electrons. The molecule has 0 fully saturated rings. The summed E-state index contributed by atoms with van der Waals surface area (Å²) in [6, 6.07) is 2.92. The van der Waals surface area contributed by atoms with Crippen LogP contribution in [0.5, 0.6) is 0 Å². The molecule has 2 rings (SSSR count). The van der Waals surface area contributed by atoms with E-state index in [9.17, 15) is 8.42 Å². The van der Waals surface area contributed by atoms with E-state index in [2.05, 4.69) is 9.71 Å². The molecule has 0 aliphatic rings. The van der Waals surface area contributed by atoms with Gasteiger partial charge in [0.25, 0.3) is 10.0 Å². The first-order valence-corrected chi connectivity index (χ1v) is 8.36. The lowest BCUT2D eigenvalue weighted by Gasteiger charge is -2.14. The Bertz CT molecular complexity index is 696. The lowest BCUT2D eigenvalue weighted by atomic mass is 9.93. The number of nitrogens with two attached hydrogens (primary N) is 1. The maximum atomic E-state index is 12.1. The van der Waals surface area contributed by atoms with Gasteiger partial charge in [-0.15, -0.1) is 11.3 Å². The van der Waals surface area contributed by atoms with E-state index in [1.54, 1.807) is 0 Å². The van der Waals surface area contributed by atoms with E-state index in [-0.39, 0.29) is 17.1 Å². The zero-order chi connectivity index (χ0) is 15.0. The van der Waals surface area contributed by atoms with E-state index in [1.807, 2.05) is 26.2 Å². The van der Waals surface area contributed by atoms with Gasteiger partial charge in [0.1, 0.15) is 5.76 Å². The molecule has 2 aromatic rings. The van der Waals surface area contributed by atoms with Crippen molar-refractivity contribution in [1.29, 1.82) is 0 Å². The van der Waals surface area contributed by atoms with Crippen LogP contribution in [0.15, 0.2) is 27.0 Å². The Morgan fingerprint density at radius 3 is 2.60 bits per heavy atom. The first-order valence-electron chi connectivity index (χ1n) is 6.00. The van der Waals surface area contributed by atoms with Crippen molar-refractivity contribution in [1.82, 2.24) is 4.98 Å². The number of nitrogens with one attached hydrogen (secondary N) is 1. The van der Waals surface area contributed by atoms with Crippen LogP contribution in [0, 0.1) is 0 Å². The van der Waals surface area contributed by atoms with Crippen LogP contribution in [0.3, 0.4) is 0 Å². The van der Waals surface area contributed by atoms with Crippen molar-refractivity contribution >= 4 is 26.5 Å². The Morgan fingerprint density at radius 1 is 1.40 bits per heavy atom. The normalized spacial score (nSPS) is 12.6. The lowest BCUT2D eigenvalue weighted by Crippen LogP contribution is -2.14. The predicted octanol–water partition coefficient (Wildman–Crippen LogP) is 2.29. The van der Waals surface area contributed by atoms with Gasteiger partial charge in [0.15, 0.2) is 5.13 Å². The maximum Gasteiger partial charge on any atom is 0.297 e. The summed E-state index contributed by atoms with van der Waals surface area (Å²) < 4.78 is 31.8. The van der Waals surface area contributed by atoms with Gasteiger partial charge in [0.05, 0.1) is 12.2 Å². The van der Waals surface area contributed by atoms with Gasteiger partial charge in [0, 0.05) is 10.8 Å². The largest absolute Gasteiger partial charge is 0.446 e. The highest BCUT2D eigenvalue weighted by molar-refractivity contribution is 7.92. The molecule has 0 amide bonds. The fourth-order valence-corrected chi connectivity index (χ4v) is 3.58. The summed E-state index contributed by atoms with van der Waals surface area (Å²) in [6.07, 6.45) is 0. The number of thiazole rings is 1. The van der Waals surface area contributed by atoms with Crippen molar-refractivity contribution in [2.45, 2.75) is 37.8 Å². The molecular weight excluding hydrogens is 298 g/mol. The SMILES string of the molecule is CC(C)(C)c1csc(NS(=O)(=O)c2ccc(CN)o2)n1. The van der Waals surface area contributed by atoms with Gasteiger partial charge < -0.3 is 10.2 Å². The molecule has 6 nitrogen and oxygen atoms in total. The summed E-state index contributed by atoms with van der Waals surface area (Å²) in [5.41, 5.74) is 6.10. The molecule has 0 atom stereocenters. The average Bonchev–Trinajstić information content (AvgIpc) is 2.95. The van der Waals surface area contributed by atoms with E-state index in [1.165, 1.54) is 23.5 Å². The van der Waals surface area contributed by atoms with Crippen LogP contribution < -0.4 is 10.5 Å². The molecule has 0 bridgehead atoms. The highest BCUT2D eigenvalue weighted by atomic mass is 32.2. The fraction of sp³-hybridized carbons (Fsp3) is 0.417. The number of sulfonamides is 1. The van der Waals surface area contributed by atoms with Gasteiger partial charge in [-0.1, -0.05) is 20.8 Å². The molecule has 2 aromatic heterocycles. The summed E-state index contributed by atoms with van der Waals surface area (Å²) >= 11 is 1.24. The molecule has 3 N–H and O–H groups in total. The zero-order valence-electron chi connectivity index (χ0n) is 11.5. The fourth-order valence-electron chi connectivity index (χ4n) is 1.44. The second kappa shape index (κ2) is 5.19. The molecule has 8 heteroatoms. The van der Waals surface area contributed by atoms with Crippen LogP contribution in [0.1, 0.15) is 32.2 Å². The molecule has 110 valence electrons. The number of hydrogen-bond donors (Lipinski definition) is 2. The Kier molecular flexibility index (Phi) is 3.90. The van der Waals surface area contributed by atoms with Crippen molar-refractivity contribution in [2.24, 2.45) is 5.73 Å². The number of anilines is 1. The standard InChI is InChI=1S/C12H17N3O3S2/c1-12(2,3)9-7-19-11(14-9)15-20(16,17)10-5-4-8(6-13)18-10/h4-5,7H,6,13H2,1-3H3,(H,14,15). The van der Waals surface area contributed by atoms with Crippen molar-refractivity contribution < 1.29 is 12.8 Å². The molecule has 2 heterocycles. The Morgan fingerprint density at radius 2 is 2.10 bits per heavy atom. The molecule has 0 aliphatic carbocycles. The highest BCUT2D eigenvalue weighted by Crippen LogP contribution is 2.28. The number of aromatic nitrogens is 1. The van der Waals surface area contributed by atoms with E-state index < -0.39 is 10.0 Å². The van der Waals surface area contributed by atoms with E-state index >= 15 is 0 Å². The molecule has 0 unspecified atom stereocenters. The van der Waals surface area contributed by atoms with Crippen LogP contribution in [0.25, 0.3) is 0 Å². The summed E-state index contributed by atoms with van der Waals surface area (Å²) in [5.74, 6) is 0.417. The van der Waals surface area contributed by atoms with Crippen LogP contribution in [-0.2, 0) is 22.0 Å². The number of rotatable bonds is 4. The van der Waals surface area contributed by atoms with Gasteiger partial charge in [0.2, 0.25) is 5.09 Å². The summed E-state index contributed by atoms with van der Waals surface area (Å²) in [4.78, 5) is 4.28. The Hall–Kier alpha value is -1.38. The minimum atomic E-state index is -3.76. The van der Waals surface area contributed by atoms with Crippen LogP contribution >= 0.6 is 11.3 Å². The summed E-state index contributed by atoms with van der Waals surface area (Å²) in [6.45, 7) is 6.20. The van der Waals surface area contributed by atoms with E-state index in [0.29, 0.717) is 10.9 Å². The molecule has 0 aliphatic heterocycles. The quantitative estimate of drug-likeness (QED) is 0.902. The molecular formula is C12H17N3O3S2. The maximum absolute atomic E-state index is 12.1. The monoisotopic (exact) mass is 315 g/mol. The molecule has 0 spiro atoms. The van der Waals surface area contributed by atoms with Crippen molar-refractivity contribution in [2.75, 3.05) is 4.72 Å². The first kappa shape index (κ1) is 15.0. The van der Waals surface area contributed by atoms with E-state index in [0.717, 1.165) is 5.69 Å². The zero-order valence-corrected chi connectivity index (χ0v) is 13.1. The van der Waals surface area contributed by atoms with Crippen molar-refractivity contribution in [3.63, 3.8) is 0 Å². The van der Waals surface area contributed by atoms with Gasteiger partial charge in [-0.3, -0.25) is 4.72 Å². The lowest BCUT2D eigenvalue weighted by molar-refractivity contribution is 0.417. The Labute approximate surface area is 122 Å². The first-order chi connectivity index (χ1) is 9.22. The summed E-state index contributed by atoms with van der Waals surface area (Å²) in [5, 5.41) is 2.00. The van der Waals surface area contributed by atoms with Gasteiger partial charge >= 0.3 is 0 Å². The third kappa shape index (κ3) is 3.20. The third-order valence-corrected chi connectivity index (χ3v) is 4.70. The molecule has 0 saturated heterocycles. The van der Waals surface area contributed by atoms with Gasteiger partial charge in [-0.2, -0.15) is 8.42 Å². The van der Waals surface area contributed by atoms with E-state index in [4.69, 9.17) is 10.2 Å². The van der Waals surface area contributed by atoms with Crippen molar-refractivity contribution in [3.05, 3.63) is 29.0 Å². The van der Waals surface area contributed by atoms with Gasteiger partial charge in [-0.25, -0.2) is 4.98 Å². The highest BCUT2D eigenvalue weighted by Gasteiger charge is 2.22. The Balaban J connectivity index is 2.22. The minimum Gasteiger partial charge on any atom is -0.446 e. The second-order valence-electron chi connectivity index (χ2n) is 5.32. The minimum absolute atomic E-state index is 0.127. The number of nitrogens with zero attached hydrogens (tertiary/aromatic N) is 1.